The molecule has 0 radical (unpaired) electrons. The Labute approximate surface area is 162 Å². The molecule has 2 aromatic rings. The lowest BCUT2D eigenvalue weighted by molar-refractivity contribution is -0.385. The number of benzene rings is 2. The van der Waals surface area contributed by atoms with Gasteiger partial charge in [0.2, 0.25) is 5.75 Å². The van der Waals surface area contributed by atoms with Gasteiger partial charge in [-0.25, -0.2) is 4.79 Å². The van der Waals surface area contributed by atoms with Gasteiger partial charge in [-0.05, 0) is 64.0 Å². The Kier molecular flexibility index (Phi) is 5.11. The molecule has 26 heavy (non-hydrogen) atoms. The lowest BCUT2D eigenvalue weighted by Gasteiger charge is -2.05. The van der Waals surface area contributed by atoms with Crippen molar-refractivity contribution in [1.29, 1.82) is 0 Å². The van der Waals surface area contributed by atoms with Crippen molar-refractivity contribution in [3.8, 4) is 5.75 Å². The minimum absolute atomic E-state index is 0.114. The number of cyclic esters (lactones) is 1. The van der Waals surface area contributed by atoms with E-state index in [4.69, 9.17) is 21.1 Å². The van der Waals surface area contributed by atoms with Crippen LogP contribution in [-0.4, -0.2) is 18.0 Å². The molecular formula is C18H11BrClNO5. The highest BCUT2D eigenvalue weighted by Crippen LogP contribution is 2.37. The average molecular weight is 437 g/mol. The number of hydrogen-bond acceptors (Lipinski definition) is 5. The van der Waals surface area contributed by atoms with Crippen molar-refractivity contribution < 1.29 is 19.2 Å². The summed E-state index contributed by atoms with van der Waals surface area (Å²) in [7, 11) is 1.35. The van der Waals surface area contributed by atoms with E-state index in [2.05, 4.69) is 15.9 Å². The van der Waals surface area contributed by atoms with E-state index in [9.17, 15) is 14.9 Å². The van der Waals surface area contributed by atoms with E-state index < -0.39 is 10.9 Å². The number of rotatable bonds is 4. The van der Waals surface area contributed by atoms with Crippen molar-refractivity contribution in [2.24, 2.45) is 0 Å². The number of carbonyl (C=O) groups is 1. The van der Waals surface area contributed by atoms with Gasteiger partial charge in [-0.2, -0.15) is 0 Å². The maximum absolute atomic E-state index is 12.1. The van der Waals surface area contributed by atoms with E-state index in [1.165, 1.54) is 19.3 Å². The van der Waals surface area contributed by atoms with Gasteiger partial charge in [0.05, 0.1) is 22.1 Å². The van der Waals surface area contributed by atoms with Gasteiger partial charge >= 0.3 is 11.7 Å². The van der Waals surface area contributed by atoms with Crippen molar-refractivity contribution in [3.63, 3.8) is 0 Å². The van der Waals surface area contributed by atoms with Crippen molar-refractivity contribution in [1.82, 2.24) is 0 Å². The average Bonchev–Trinajstić information content (AvgIpc) is 2.95. The third-order valence-electron chi connectivity index (χ3n) is 3.62. The van der Waals surface area contributed by atoms with Crippen molar-refractivity contribution >= 4 is 51.0 Å². The molecule has 8 heteroatoms. The molecule has 0 saturated carbocycles. The van der Waals surface area contributed by atoms with Crippen LogP contribution in [0.4, 0.5) is 5.69 Å². The van der Waals surface area contributed by atoms with Gasteiger partial charge in [-0.15, -0.1) is 0 Å². The summed E-state index contributed by atoms with van der Waals surface area (Å²) < 4.78 is 10.7. The standard InChI is InChI=1S/C18H11BrClNO5/c1-25-17-14(19)7-10(8-15(17)21(23)24)6-12-9-16(26-18(12)22)11-2-4-13(20)5-3-11/h2-9H,1H3/b12-6+. The van der Waals surface area contributed by atoms with Crippen LogP contribution in [0.15, 0.2) is 52.5 Å². The van der Waals surface area contributed by atoms with Gasteiger partial charge in [0.25, 0.3) is 0 Å². The summed E-state index contributed by atoms with van der Waals surface area (Å²) in [6.07, 6.45) is 3.10. The smallest absolute Gasteiger partial charge is 0.343 e. The van der Waals surface area contributed by atoms with Crippen LogP contribution in [0.2, 0.25) is 5.02 Å². The second-order valence-corrected chi connectivity index (χ2v) is 6.61. The van der Waals surface area contributed by atoms with Crippen molar-refractivity contribution in [2.75, 3.05) is 7.11 Å². The van der Waals surface area contributed by atoms with Gasteiger partial charge in [0, 0.05) is 16.7 Å². The van der Waals surface area contributed by atoms with E-state index >= 15 is 0 Å². The fraction of sp³-hybridized carbons (Fsp3) is 0.0556. The van der Waals surface area contributed by atoms with E-state index in [0.717, 1.165) is 0 Å². The summed E-state index contributed by atoms with van der Waals surface area (Å²) in [5.41, 5.74) is 1.24. The fourth-order valence-corrected chi connectivity index (χ4v) is 3.20. The number of nitrogens with zero attached hydrogens (tertiary/aromatic N) is 1. The molecular weight excluding hydrogens is 426 g/mol. The summed E-state index contributed by atoms with van der Waals surface area (Å²) in [6.45, 7) is 0. The van der Waals surface area contributed by atoms with Crippen molar-refractivity contribution in [3.05, 3.63) is 78.8 Å². The van der Waals surface area contributed by atoms with Crippen LogP contribution in [-0.2, 0) is 9.53 Å². The zero-order valence-electron chi connectivity index (χ0n) is 13.4. The van der Waals surface area contributed by atoms with Crippen LogP contribution in [0, 0.1) is 10.1 Å². The minimum Gasteiger partial charge on any atom is -0.489 e. The second kappa shape index (κ2) is 7.31. The monoisotopic (exact) mass is 435 g/mol. The first kappa shape index (κ1) is 18.2. The first-order valence-electron chi connectivity index (χ1n) is 7.32. The molecule has 0 aromatic heterocycles. The number of methoxy groups -OCH3 is 1. The lowest BCUT2D eigenvalue weighted by atomic mass is 10.1. The number of esters is 1. The van der Waals surface area contributed by atoms with Crippen LogP contribution < -0.4 is 4.74 Å². The van der Waals surface area contributed by atoms with Crippen LogP contribution in [0.25, 0.3) is 11.8 Å². The number of hydrogen-bond donors (Lipinski definition) is 0. The van der Waals surface area contributed by atoms with Crippen LogP contribution in [0.3, 0.4) is 0 Å². The van der Waals surface area contributed by atoms with Gasteiger partial charge in [-0.1, -0.05) is 11.6 Å². The third-order valence-corrected chi connectivity index (χ3v) is 4.46. The van der Waals surface area contributed by atoms with Gasteiger partial charge in [-0.3, -0.25) is 10.1 Å². The van der Waals surface area contributed by atoms with Crippen LogP contribution >= 0.6 is 27.5 Å². The summed E-state index contributed by atoms with van der Waals surface area (Å²) in [6, 6.07) is 9.81. The molecule has 6 nitrogen and oxygen atoms in total. The molecule has 0 amide bonds. The predicted octanol–water partition coefficient (Wildman–Crippen LogP) is 5.00. The normalized spacial score (nSPS) is 15.0. The molecule has 0 fully saturated rings. The zero-order valence-corrected chi connectivity index (χ0v) is 15.7. The Morgan fingerprint density at radius 1 is 1.27 bits per heavy atom. The Bertz CT molecular complexity index is 966. The Morgan fingerprint density at radius 3 is 2.58 bits per heavy atom. The largest absolute Gasteiger partial charge is 0.489 e. The second-order valence-electron chi connectivity index (χ2n) is 5.32. The predicted molar refractivity (Wildman–Crippen MR) is 101 cm³/mol. The molecule has 1 aliphatic heterocycles. The maximum atomic E-state index is 12.1. The number of carbonyl (C=O) groups excluding carboxylic acids is 1. The molecule has 3 rings (SSSR count). The summed E-state index contributed by atoms with van der Waals surface area (Å²) in [5.74, 6) is -0.0342. The molecule has 0 atom stereocenters. The first-order chi connectivity index (χ1) is 12.4. The van der Waals surface area contributed by atoms with Gasteiger partial charge in [0.1, 0.15) is 5.76 Å². The Balaban J connectivity index is 2.00. The Hall–Kier alpha value is -2.64. The first-order valence-corrected chi connectivity index (χ1v) is 8.49. The SMILES string of the molecule is COc1c(Br)cc(/C=C2\C=C(c3ccc(Cl)cc3)OC2=O)cc1[N+](=O)[O-]. The molecule has 0 N–H and O–H groups in total. The zero-order chi connectivity index (χ0) is 18.8. The van der Waals surface area contributed by atoms with Gasteiger partial charge in [0.15, 0.2) is 0 Å². The molecule has 1 aliphatic rings. The highest BCUT2D eigenvalue weighted by atomic mass is 79.9. The maximum Gasteiger partial charge on any atom is 0.343 e. The van der Waals surface area contributed by atoms with Gasteiger partial charge < -0.3 is 9.47 Å². The topological polar surface area (TPSA) is 78.7 Å². The van der Waals surface area contributed by atoms with E-state index in [0.29, 0.717) is 26.4 Å². The number of halogens is 2. The minimum atomic E-state index is -0.548. The van der Waals surface area contributed by atoms with Crippen LogP contribution in [0.1, 0.15) is 11.1 Å². The lowest BCUT2D eigenvalue weighted by Crippen LogP contribution is -1.98. The summed E-state index contributed by atoms with van der Waals surface area (Å²) in [4.78, 5) is 22.8. The van der Waals surface area contributed by atoms with Crippen molar-refractivity contribution in [2.45, 2.75) is 0 Å². The Morgan fingerprint density at radius 2 is 1.96 bits per heavy atom. The van der Waals surface area contributed by atoms with E-state index in [-0.39, 0.29) is 17.0 Å². The molecule has 1 heterocycles. The molecule has 2 aromatic carbocycles. The fourth-order valence-electron chi connectivity index (χ4n) is 2.45. The molecule has 132 valence electrons. The summed E-state index contributed by atoms with van der Waals surface area (Å²) in [5, 5.41) is 11.8. The highest BCUT2D eigenvalue weighted by Gasteiger charge is 2.24. The molecule has 0 saturated heterocycles. The van der Waals surface area contributed by atoms with E-state index in [1.807, 2.05) is 0 Å². The highest BCUT2D eigenvalue weighted by molar-refractivity contribution is 9.10. The number of ether oxygens (including phenoxy) is 2. The number of nitro groups is 1. The van der Waals surface area contributed by atoms with Crippen LogP contribution in [0.5, 0.6) is 5.75 Å². The molecule has 0 bridgehead atoms. The third kappa shape index (κ3) is 3.63. The molecule has 0 spiro atoms. The summed E-state index contributed by atoms with van der Waals surface area (Å²) >= 11 is 9.10. The number of nitro benzene ring substituents is 1. The molecule has 0 aliphatic carbocycles. The van der Waals surface area contributed by atoms with E-state index in [1.54, 1.807) is 36.4 Å². The quantitative estimate of drug-likeness (QED) is 0.292. The molecule has 0 unspecified atom stereocenters.